The quantitative estimate of drug-likeness (QED) is 0.182. The normalized spacial score (nSPS) is 12.0. The Balaban J connectivity index is 1.92. The van der Waals surface area contributed by atoms with Gasteiger partial charge in [0.2, 0.25) is 5.78 Å². The van der Waals surface area contributed by atoms with Gasteiger partial charge in [-0.2, -0.15) is 0 Å². The number of carbonyl (C=O) groups excluding carboxylic acids is 2. The lowest BCUT2D eigenvalue weighted by atomic mass is 10.1. The Kier molecular flexibility index (Phi) is 7.13. The van der Waals surface area contributed by atoms with E-state index >= 15 is 0 Å². The van der Waals surface area contributed by atoms with Crippen LogP contribution in [0, 0.1) is 0 Å². The van der Waals surface area contributed by atoms with E-state index in [2.05, 4.69) is 24.6 Å². The van der Waals surface area contributed by atoms with Crippen LogP contribution < -0.4 is 0 Å². The van der Waals surface area contributed by atoms with Crippen LogP contribution in [-0.2, 0) is 16.2 Å². The van der Waals surface area contributed by atoms with Crippen LogP contribution in [0.5, 0.6) is 0 Å². The first-order valence-electron chi connectivity index (χ1n) is 10.4. The summed E-state index contributed by atoms with van der Waals surface area (Å²) in [5, 5.41) is 1.15. The summed E-state index contributed by atoms with van der Waals surface area (Å²) in [6, 6.07) is 8.86. The summed E-state index contributed by atoms with van der Waals surface area (Å²) in [6.45, 7) is 12.0. The van der Waals surface area contributed by atoms with E-state index in [1.165, 1.54) is 18.4 Å². The first kappa shape index (κ1) is 23.4. The largest absolute Gasteiger partial charge is 0.464 e. The molecule has 166 valence electrons. The van der Waals surface area contributed by atoms with Gasteiger partial charge in [0.05, 0.1) is 18.2 Å². The molecule has 6 nitrogen and oxygen atoms in total. The molecule has 0 fully saturated rings. The number of carbonyl (C=O) groups is 2. The predicted molar refractivity (Wildman–Crippen MR) is 127 cm³/mol. The summed E-state index contributed by atoms with van der Waals surface area (Å²) < 4.78 is 12.7. The Labute approximate surface area is 188 Å². The number of aromatic nitrogens is 2. The molecule has 0 amide bonds. The lowest BCUT2D eigenvalue weighted by Crippen LogP contribution is -2.21. The number of esters is 1. The zero-order chi connectivity index (χ0) is 22.8. The molecule has 0 aliphatic rings. The fraction of sp³-hybridized carbons (Fsp3) is 0.435. The van der Waals surface area contributed by atoms with Gasteiger partial charge in [0, 0.05) is 31.1 Å². The van der Waals surface area contributed by atoms with Crippen LogP contribution in [0.25, 0.3) is 10.9 Å². The molecule has 0 radical (unpaired) electrons. The minimum atomic E-state index is -1.16. The van der Waals surface area contributed by atoms with E-state index < -0.39 is 14.0 Å². The molecule has 0 aliphatic heterocycles. The summed E-state index contributed by atoms with van der Waals surface area (Å²) in [5.74, 6) is -0.648. The highest BCUT2D eigenvalue weighted by Crippen LogP contribution is 2.31. The molecule has 3 aromatic rings. The lowest BCUT2D eigenvalue weighted by Gasteiger charge is -2.15. The number of fused-ring (bicyclic) bond motifs is 1. The maximum Gasteiger partial charge on any atom is 0.357 e. The Morgan fingerprint density at radius 1 is 1.19 bits per heavy atom. The third-order valence-electron chi connectivity index (χ3n) is 5.01. The summed E-state index contributed by atoms with van der Waals surface area (Å²) in [6.07, 6.45) is 1.83. The Hall–Kier alpha value is -2.29. The van der Waals surface area contributed by atoms with Crippen molar-refractivity contribution in [2.45, 2.75) is 52.2 Å². The van der Waals surface area contributed by atoms with Gasteiger partial charge in [-0.1, -0.05) is 51.7 Å². The van der Waals surface area contributed by atoms with Gasteiger partial charge in [-0.15, -0.1) is 11.3 Å². The number of ketones is 1. The predicted octanol–water partition coefficient (Wildman–Crippen LogP) is 5.55. The molecule has 0 saturated carbocycles. The minimum Gasteiger partial charge on any atom is -0.464 e. The van der Waals surface area contributed by atoms with Gasteiger partial charge < -0.3 is 14.0 Å². The van der Waals surface area contributed by atoms with Gasteiger partial charge in [0.25, 0.3) is 0 Å². The second-order valence-electron chi connectivity index (χ2n) is 9.09. The monoisotopic (exact) mass is 458 g/mol. The SMILES string of the molecule is COC(=O)c1nc(C(=O)c2cn(COCC[Si](C)(C)C)c3ccccc23)sc1C(C)C. The van der Waals surface area contributed by atoms with Crippen molar-refractivity contribution >= 4 is 42.1 Å². The minimum absolute atomic E-state index is 0.0641. The molecule has 0 atom stereocenters. The van der Waals surface area contributed by atoms with Crippen molar-refractivity contribution in [1.82, 2.24) is 9.55 Å². The van der Waals surface area contributed by atoms with Crippen LogP contribution in [0.3, 0.4) is 0 Å². The van der Waals surface area contributed by atoms with E-state index in [4.69, 9.17) is 9.47 Å². The number of rotatable bonds is 9. The maximum absolute atomic E-state index is 13.4. The average molecular weight is 459 g/mol. The number of benzene rings is 1. The number of nitrogens with zero attached hydrogens (tertiary/aromatic N) is 2. The summed E-state index contributed by atoms with van der Waals surface area (Å²) in [7, 11) is 0.159. The molecule has 0 aliphatic carbocycles. The molecule has 3 rings (SSSR count). The zero-order valence-corrected chi connectivity index (χ0v) is 20.8. The molecule has 0 unspecified atom stereocenters. The fourth-order valence-corrected chi connectivity index (χ4v) is 5.02. The molecule has 2 aromatic heterocycles. The van der Waals surface area contributed by atoms with Crippen molar-refractivity contribution in [3.05, 3.63) is 51.6 Å². The van der Waals surface area contributed by atoms with Gasteiger partial charge in [-0.05, 0) is 18.0 Å². The van der Waals surface area contributed by atoms with Gasteiger partial charge in [0.15, 0.2) is 10.7 Å². The van der Waals surface area contributed by atoms with Crippen LogP contribution in [0.15, 0.2) is 30.5 Å². The van der Waals surface area contributed by atoms with Crippen molar-refractivity contribution in [1.29, 1.82) is 0 Å². The number of methoxy groups -OCH3 is 1. The average Bonchev–Trinajstić information content (AvgIpc) is 3.32. The summed E-state index contributed by atoms with van der Waals surface area (Å²) in [5.41, 5.74) is 1.72. The highest BCUT2D eigenvalue weighted by atomic mass is 32.1. The standard InChI is InChI=1S/C23H30N2O4SSi/c1-15(2)21-19(23(27)28-3)24-22(30-21)20(26)17-13-25(14-29-11-12-31(4,5)6)18-10-8-7-9-16(17)18/h7-10,13,15H,11-12,14H2,1-6H3. The van der Waals surface area contributed by atoms with E-state index in [1.54, 1.807) is 0 Å². The molecular formula is C23H30N2O4SSi. The highest BCUT2D eigenvalue weighted by Gasteiger charge is 2.26. The van der Waals surface area contributed by atoms with Crippen LogP contribution in [0.1, 0.15) is 50.5 Å². The van der Waals surface area contributed by atoms with Crippen LogP contribution in [-0.4, -0.2) is 43.1 Å². The molecular weight excluding hydrogens is 428 g/mol. The second-order valence-corrected chi connectivity index (χ2v) is 15.7. The second kappa shape index (κ2) is 9.46. The third-order valence-corrected chi connectivity index (χ3v) is 8.07. The number of para-hydroxylation sites is 1. The molecule has 31 heavy (non-hydrogen) atoms. The Morgan fingerprint density at radius 2 is 1.90 bits per heavy atom. The molecule has 0 N–H and O–H groups in total. The topological polar surface area (TPSA) is 70.4 Å². The Bertz CT molecular complexity index is 1090. The Morgan fingerprint density at radius 3 is 2.55 bits per heavy atom. The third kappa shape index (κ3) is 5.31. The number of thiazole rings is 1. The lowest BCUT2D eigenvalue weighted by molar-refractivity contribution is 0.0593. The van der Waals surface area contributed by atoms with Gasteiger partial charge in [-0.25, -0.2) is 9.78 Å². The first-order valence-corrected chi connectivity index (χ1v) is 14.9. The van der Waals surface area contributed by atoms with Crippen LogP contribution in [0.4, 0.5) is 0 Å². The molecule has 0 saturated heterocycles. The molecule has 0 spiro atoms. The first-order chi connectivity index (χ1) is 14.6. The van der Waals surface area contributed by atoms with E-state index in [9.17, 15) is 9.59 Å². The molecule has 2 heterocycles. The van der Waals surface area contributed by atoms with Crippen molar-refractivity contribution in [2.75, 3.05) is 13.7 Å². The smallest absolute Gasteiger partial charge is 0.357 e. The van der Waals surface area contributed by atoms with E-state index in [1.807, 2.05) is 48.9 Å². The maximum atomic E-state index is 13.4. The van der Waals surface area contributed by atoms with Crippen LogP contribution >= 0.6 is 11.3 Å². The van der Waals surface area contributed by atoms with E-state index in [0.29, 0.717) is 23.9 Å². The van der Waals surface area contributed by atoms with E-state index in [0.717, 1.165) is 21.8 Å². The van der Waals surface area contributed by atoms with Crippen molar-refractivity contribution < 1.29 is 19.1 Å². The van der Waals surface area contributed by atoms with Gasteiger partial charge in [0.1, 0.15) is 6.73 Å². The van der Waals surface area contributed by atoms with Crippen molar-refractivity contribution in [3.8, 4) is 0 Å². The number of ether oxygens (including phenoxy) is 2. The number of hydrogen-bond donors (Lipinski definition) is 0. The molecule has 0 bridgehead atoms. The van der Waals surface area contributed by atoms with Gasteiger partial charge >= 0.3 is 5.97 Å². The fourth-order valence-electron chi connectivity index (χ4n) is 3.25. The number of hydrogen-bond acceptors (Lipinski definition) is 6. The molecule has 8 heteroatoms. The van der Waals surface area contributed by atoms with Crippen LogP contribution in [0.2, 0.25) is 25.7 Å². The van der Waals surface area contributed by atoms with Crippen molar-refractivity contribution in [2.24, 2.45) is 0 Å². The molecule has 1 aromatic carbocycles. The summed E-state index contributed by atoms with van der Waals surface area (Å²) in [4.78, 5) is 30.6. The van der Waals surface area contributed by atoms with Gasteiger partial charge in [-0.3, -0.25) is 4.79 Å². The van der Waals surface area contributed by atoms with Crippen molar-refractivity contribution in [3.63, 3.8) is 0 Å². The summed E-state index contributed by atoms with van der Waals surface area (Å²) >= 11 is 1.26. The van der Waals surface area contributed by atoms with E-state index in [-0.39, 0.29) is 17.4 Å². The highest BCUT2D eigenvalue weighted by molar-refractivity contribution is 7.14. The zero-order valence-electron chi connectivity index (χ0n) is 19.0.